The largest absolute Gasteiger partial charge is 0.494 e. The summed E-state index contributed by atoms with van der Waals surface area (Å²) in [7, 11) is -0.276. The first kappa shape index (κ1) is 18.7. The summed E-state index contributed by atoms with van der Waals surface area (Å²) in [4.78, 5) is 2.42. The SMILES string of the molecule is CC1(C)OB(c2ccc(CN3CCOCC3)cc2)OC1(C)C.Cl. The Morgan fingerprint density at radius 2 is 1.48 bits per heavy atom. The molecule has 2 aliphatic heterocycles. The Labute approximate surface area is 146 Å². The van der Waals surface area contributed by atoms with Crippen LogP contribution < -0.4 is 5.46 Å². The highest BCUT2D eigenvalue weighted by atomic mass is 35.5. The average molecular weight is 340 g/mol. The highest BCUT2D eigenvalue weighted by Crippen LogP contribution is 2.36. The smallest absolute Gasteiger partial charge is 0.399 e. The summed E-state index contributed by atoms with van der Waals surface area (Å²) in [6, 6.07) is 8.60. The number of halogens is 1. The van der Waals surface area contributed by atoms with E-state index in [9.17, 15) is 0 Å². The van der Waals surface area contributed by atoms with Crippen LogP contribution in [0.3, 0.4) is 0 Å². The summed E-state index contributed by atoms with van der Waals surface area (Å²) < 4.78 is 17.6. The predicted molar refractivity (Wildman–Crippen MR) is 95.5 cm³/mol. The maximum absolute atomic E-state index is 6.09. The van der Waals surface area contributed by atoms with Gasteiger partial charge in [-0.1, -0.05) is 24.3 Å². The van der Waals surface area contributed by atoms with Gasteiger partial charge in [0.25, 0.3) is 0 Å². The quantitative estimate of drug-likeness (QED) is 0.790. The maximum Gasteiger partial charge on any atom is 0.494 e. The molecule has 2 fully saturated rings. The van der Waals surface area contributed by atoms with Crippen LogP contribution in [0.15, 0.2) is 24.3 Å². The molecule has 4 nitrogen and oxygen atoms in total. The molecule has 128 valence electrons. The van der Waals surface area contributed by atoms with E-state index in [0.717, 1.165) is 38.3 Å². The van der Waals surface area contributed by atoms with Crippen LogP contribution >= 0.6 is 12.4 Å². The molecule has 2 heterocycles. The molecule has 0 amide bonds. The Balaban J connectivity index is 0.00000192. The van der Waals surface area contributed by atoms with E-state index in [4.69, 9.17) is 14.0 Å². The molecule has 3 rings (SSSR count). The number of ether oxygens (including phenoxy) is 1. The second-order valence-electron chi connectivity index (χ2n) is 7.22. The molecule has 23 heavy (non-hydrogen) atoms. The Hall–Kier alpha value is -0.585. The summed E-state index contributed by atoms with van der Waals surface area (Å²) in [5, 5.41) is 0. The van der Waals surface area contributed by atoms with E-state index < -0.39 is 0 Å². The molecule has 0 radical (unpaired) electrons. The molecular formula is C17H27BClNO3. The Morgan fingerprint density at radius 1 is 0.957 bits per heavy atom. The lowest BCUT2D eigenvalue weighted by atomic mass is 9.79. The molecule has 0 bridgehead atoms. The predicted octanol–water partition coefficient (Wildman–Crippen LogP) is 2.24. The van der Waals surface area contributed by atoms with Crippen LogP contribution in [0.5, 0.6) is 0 Å². The van der Waals surface area contributed by atoms with Crippen molar-refractivity contribution < 1.29 is 14.0 Å². The first-order valence-electron chi connectivity index (χ1n) is 8.12. The lowest BCUT2D eigenvalue weighted by Gasteiger charge is -2.32. The standard InChI is InChI=1S/C17H26BNO3.ClH/c1-16(2)17(3,4)22-18(21-16)15-7-5-14(6-8-15)13-19-9-11-20-12-10-19;/h5-8H,9-13H2,1-4H3;1H. The molecule has 0 saturated carbocycles. The van der Waals surface area contributed by atoms with Crippen molar-refractivity contribution in [2.75, 3.05) is 26.3 Å². The Kier molecular flexibility index (Phi) is 5.80. The summed E-state index contributed by atoms with van der Waals surface area (Å²) >= 11 is 0. The number of hydrogen-bond donors (Lipinski definition) is 0. The molecule has 2 saturated heterocycles. The van der Waals surface area contributed by atoms with Crippen molar-refractivity contribution in [1.82, 2.24) is 4.90 Å². The Morgan fingerprint density at radius 3 is 2.00 bits per heavy atom. The van der Waals surface area contributed by atoms with E-state index in [1.54, 1.807) is 0 Å². The molecule has 1 aromatic carbocycles. The minimum Gasteiger partial charge on any atom is -0.399 e. The van der Waals surface area contributed by atoms with Crippen LogP contribution in [-0.2, 0) is 20.6 Å². The van der Waals surface area contributed by atoms with Gasteiger partial charge in [0, 0.05) is 19.6 Å². The third-order valence-corrected chi connectivity index (χ3v) is 5.02. The van der Waals surface area contributed by atoms with Crippen LogP contribution in [-0.4, -0.2) is 49.5 Å². The van der Waals surface area contributed by atoms with Gasteiger partial charge in [-0.25, -0.2) is 0 Å². The van der Waals surface area contributed by atoms with E-state index in [1.807, 2.05) is 0 Å². The molecule has 1 aromatic rings. The molecule has 0 N–H and O–H groups in total. The fraction of sp³-hybridized carbons (Fsp3) is 0.647. The van der Waals surface area contributed by atoms with Crippen LogP contribution in [0.25, 0.3) is 0 Å². The van der Waals surface area contributed by atoms with Crippen molar-refractivity contribution >= 4 is 25.0 Å². The number of rotatable bonds is 3. The zero-order chi connectivity index (χ0) is 15.8. The zero-order valence-electron chi connectivity index (χ0n) is 14.5. The molecule has 0 unspecified atom stereocenters. The lowest BCUT2D eigenvalue weighted by Crippen LogP contribution is -2.41. The van der Waals surface area contributed by atoms with Crippen molar-refractivity contribution in [3.05, 3.63) is 29.8 Å². The van der Waals surface area contributed by atoms with Crippen LogP contribution in [0.2, 0.25) is 0 Å². The number of nitrogens with zero attached hydrogens (tertiary/aromatic N) is 1. The highest BCUT2D eigenvalue weighted by Gasteiger charge is 2.51. The van der Waals surface area contributed by atoms with Gasteiger partial charge in [-0.15, -0.1) is 12.4 Å². The van der Waals surface area contributed by atoms with Gasteiger partial charge < -0.3 is 14.0 Å². The van der Waals surface area contributed by atoms with Gasteiger partial charge in [-0.05, 0) is 38.7 Å². The maximum atomic E-state index is 6.09. The summed E-state index contributed by atoms with van der Waals surface area (Å²) in [5.74, 6) is 0. The summed E-state index contributed by atoms with van der Waals surface area (Å²) in [6.45, 7) is 13.0. The van der Waals surface area contributed by atoms with Gasteiger partial charge in [0.2, 0.25) is 0 Å². The number of morpholine rings is 1. The van der Waals surface area contributed by atoms with Crippen molar-refractivity contribution in [3.63, 3.8) is 0 Å². The molecule has 0 atom stereocenters. The second-order valence-corrected chi connectivity index (χ2v) is 7.22. The van der Waals surface area contributed by atoms with Crippen molar-refractivity contribution in [2.24, 2.45) is 0 Å². The number of benzene rings is 1. The van der Waals surface area contributed by atoms with Crippen LogP contribution in [0.4, 0.5) is 0 Å². The molecule has 0 aliphatic carbocycles. The monoisotopic (exact) mass is 339 g/mol. The van der Waals surface area contributed by atoms with Gasteiger partial charge in [0.05, 0.1) is 24.4 Å². The van der Waals surface area contributed by atoms with E-state index in [2.05, 4.69) is 56.9 Å². The second kappa shape index (κ2) is 7.12. The third kappa shape index (κ3) is 4.09. The van der Waals surface area contributed by atoms with Gasteiger partial charge in [-0.3, -0.25) is 4.90 Å². The van der Waals surface area contributed by atoms with E-state index >= 15 is 0 Å². The van der Waals surface area contributed by atoms with Crippen molar-refractivity contribution in [2.45, 2.75) is 45.4 Å². The Bertz CT molecular complexity index is 499. The van der Waals surface area contributed by atoms with Crippen LogP contribution in [0, 0.1) is 0 Å². The minimum atomic E-state index is -0.288. The molecular weight excluding hydrogens is 312 g/mol. The minimum absolute atomic E-state index is 0. The third-order valence-electron chi connectivity index (χ3n) is 5.02. The zero-order valence-corrected chi connectivity index (χ0v) is 15.3. The summed E-state index contributed by atoms with van der Waals surface area (Å²) in [5.41, 5.74) is 1.83. The average Bonchev–Trinajstić information content (AvgIpc) is 2.69. The molecule has 0 aromatic heterocycles. The molecule has 2 aliphatic rings. The van der Waals surface area contributed by atoms with Gasteiger partial charge >= 0.3 is 7.12 Å². The first-order chi connectivity index (χ1) is 10.4. The molecule has 6 heteroatoms. The van der Waals surface area contributed by atoms with Gasteiger partial charge in [0.15, 0.2) is 0 Å². The normalized spacial score (nSPS) is 23.6. The van der Waals surface area contributed by atoms with Crippen molar-refractivity contribution in [3.8, 4) is 0 Å². The van der Waals surface area contributed by atoms with E-state index in [0.29, 0.717) is 0 Å². The van der Waals surface area contributed by atoms with E-state index in [-0.39, 0.29) is 30.7 Å². The topological polar surface area (TPSA) is 30.9 Å². The van der Waals surface area contributed by atoms with Crippen molar-refractivity contribution in [1.29, 1.82) is 0 Å². The highest BCUT2D eigenvalue weighted by molar-refractivity contribution is 6.62. The van der Waals surface area contributed by atoms with Gasteiger partial charge in [0.1, 0.15) is 0 Å². The lowest BCUT2D eigenvalue weighted by molar-refractivity contribution is 0.00578. The van der Waals surface area contributed by atoms with E-state index in [1.165, 1.54) is 5.56 Å². The number of hydrogen-bond acceptors (Lipinski definition) is 4. The molecule has 0 spiro atoms. The van der Waals surface area contributed by atoms with Gasteiger partial charge in [-0.2, -0.15) is 0 Å². The fourth-order valence-electron chi connectivity index (χ4n) is 2.78. The fourth-order valence-corrected chi connectivity index (χ4v) is 2.78. The van der Waals surface area contributed by atoms with Crippen LogP contribution in [0.1, 0.15) is 33.3 Å². The summed E-state index contributed by atoms with van der Waals surface area (Å²) in [6.07, 6.45) is 0. The first-order valence-corrected chi connectivity index (χ1v) is 8.12.